The normalized spacial score (nSPS) is 14.1. The highest BCUT2D eigenvalue weighted by Gasteiger charge is 2.20. The number of hydrogen-bond acceptors (Lipinski definition) is 4. The fraction of sp³-hybridized carbons (Fsp3) is 0.727. The van der Waals surface area contributed by atoms with Crippen LogP contribution in [0.3, 0.4) is 0 Å². The molecule has 0 aliphatic rings. The third-order valence-electron chi connectivity index (χ3n) is 2.74. The molecule has 0 radical (unpaired) electrons. The lowest BCUT2D eigenvalue weighted by atomic mass is 10.3. The van der Waals surface area contributed by atoms with Crippen LogP contribution in [-0.2, 0) is 16.6 Å². The van der Waals surface area contributed by atoms with E-state index in [9.17, 15) is 8.42 Å². The Morgan fingerprint density at radius 1 is 1.39 bits per heavy atom. The van der Waals surface area contributed by atoms with Gasteiger partial charge in [0.05, 0.1) is 11.4 Å². The molecule has 0 aromatic carbocycles. The van der Waals surface area contributed by atoms with Crippen molar-refractivity contribution in [2.75, 3.05) is 6.54 Å². The number of hydrogen-bond donors (Lipinski definition) is 3. The van der Waals surface area contributed by atoms with Crippen molar-refractivity contribution in [1.29, 1.82) is 0 Å². The van der Waals surface area contributed by atoms with Crippen LogP contribution < -0.4 is 10.0 Å². The maximum atomic E-state index is 12.0. The zero-order valence-corrected chi connectivity index (χ0v) is 12.1. The molecule has 0 saturated carbocycles. The molecule has 1 rings (SSSR count). The summed E-state index contributed by atoms with van der Waals surface area (Å²) in [4.78, 5) is 0. The molecule has 1 aromatic rings. The van der Waals surface area contributed by atoms with Crippen LogP contribution in [0.25, 0.3) is 0 Å². The summed E-state index contributed by atoms with van der Waals surface area (Å²) in [7, 11) is -3.30. The summed E-state index contributed by atoms with van der Waals surface area (Å²) in [5.41, 5.74) is 1.74. The van der Waals surface area contributed by atoms with Crippen molar-refractivity contribution in [3.05, 3.63) is 17.5 Å². The second-order valence-electron chi connectivity index (χ2n) is 4.76. The molecule has 1 aromatic heterocycles. The topological polar surface area (TPSA) is 86.9 Å². The standard InChI is InChI=1S/C11H22N4O2S/c1-8(2)12-5-9(3)18(16,17)14-7-11-6-13-15-10(11)4/h6,8-9,12,14H,5,7H2,1-4H3,(H,13,15). The first-order valence-electron chi connectivity index (χ1n) is 6.03. The Kier molecular flexibility index (Phi) is 5.30. The number of H-pyrrole nitrogens is 1. The van der Waals surface area contributed by atoms with E-state index in [0.29, 0.717) is 6.54 Å². The number of aromatic amines is 1. The summed E-state index contributed by atoms with van der Waals surface area (Å²) in [5, 5.41) is 9.28. The van der Waals surface area contributed by atoms with Crippen molar-refractivity contribution in [2.45, 2.75) is 45.5 Å². The van der Waals surface area contributed by atoms with Crippen LogP contribution in [0, 0.1) is 6.92 Å². The van der Waals surface area contributed by atoms with Crippen molar-refractivity contribution in [2.24, 2.45) is 0 Å². The fourth-order valence-corrected chi connectivity index (χ4v) is 2.34. The van der Waals surface area contributed by atoms with Crippen LogP contribution in [0.5, 0.6) is 0 Å². The van der Waals surface area contributed by atoms with Crippen molar-refractivity contribution < 1.29 is 8.42 Å². The highest BCUT2D eigenvalue weighted by molar-refractivity contribution is 7.90. The maximum absolute atomic E-state index is 12.0. The van der Waals surface area contributed by atoms with Gasteiger partial charge in [-0.1, -0.05) is 13.8 Å². The van der Waals surface area contributed by atoms with E-state index >= 15 is 0 Å². The molecule has 0 bridgehead atoms. The van der Waals surface area contributed by atoms with E-state index in [2.05, 4.69) is 20.2 Å². The SMILES string of the molecule is Cc1[nH]ncc1CNS(=O)(=O)C(C)CNC(C)C. The molecular weight excluding hydrogens is 252 g/mol. The first-order chi connectivity index (χ1) is 8.33. The van der Waals surface area contributed by atoms with Gasteiger partial charge >= 0.3 is 0 Å². The largest absolute Gasteiger partial charge is 0.313 e. The van der Waals surface area contributed by atoms with Gasteiger partial charge < -0.3 is 5.32 Å². The van der Waals surface area contributed by atoms with Crippen LogP contribution >= 0.6 is 0 Å². The minimum Gasteiger partial charge on any atom is -0.313 e. The number of aryl methyl sites for hydroxylation is 1. The van der Waals surface area contributed by atoms with Crippen molar-refractivity contribution in [3.63, 3.8) is 0 Å². The molecule has 0 aliphatic carbocycles. The minimum absolute atomic E-state index is 0.274. The van der Waals surface area contributed by atoms with Gasteiger partial charge in [0.15, 0.2) is 0 Å². The molecule has 7 heteroatoms. The molecular formula is C11H22N4O2S. The predicted octanol–water partition coefficient (Wildman–Crippen LogP) is 0.524. The van der Waals surface area contributed by atoms with Crippen LogP contribution in [0.15, 0.2) is 6.20 Å². The summed E-state index contributed by atoms with van der Waals surface area (Å²) < 4.78 is 26.5. The van der Waals surface area contributed by atoms with E-state index in [1.165, 1.54) is 0 Å². The Morgan fingerprint density at radius 3 is 2.56 bits per heavy atom. The number of rotatable bonds is 7. The second kappa shape index (κ2) is 6.31. The van der Waals surface area contributed by atoms with Gasteiger partial charge in [-0.25, -0.2) is 13.1 Å². The Hall–Kier alpha value is -0.920. The van der Waals surface area contributed by atoms with Gasteiger partial charge in [0.2, 0.25) is 10.0 Å². The Labute approximate surface area is 109 Å². The molecule has 1 atom stereocenters. The molecule has 18 heavy (non-hydrogen) atoms. The van der Waals surface area contributed by atoms with E-state index in [-0.39, 0.29) is 12.6 Å². The Bertz CT molecular complexity index is 467. The second-order valence-corrected chi connectivity index (χ2v) is 6.94. The zero-order chi connectivity index (χ0) is 13.8. The van der Waals surface area contributed by atoms with Gasteiger partial charge in [-0.05, 0) is 13.8 Å². The van der Waals surface area contributed by atoms with E-state index in [0.717, 1.165) is 11.3 Å². The maximum Gasteiger partial charge on any atom is 0.215 e. The van der Waals surface area contributed by atoms with Gasteiger partial charge in [-0.2, -0.15) is 5.10 Å². The van der Waals surface area contributed by atoms with Gasteiger partial charge in [0.25, 0.3) is 0 Å². The van der Waals surface area contributed by atoms with Gasteiger partial charge in [-0.15, -0.1) is 0 Å². The Balaban J connectivity index is 2.51. The first-order valence-corrected chi connectivity index (χ1v) is 7.58. The van der Waals surface area contributed by atoms with Crippen molar-refractivity contribution in [1.82, 2.24) is 20.2 Å². The monoisotopic (exact) mass is 274 g/mol. The Morgan fingerprint density at radius 2 is 2.06 bits per heavy atom. The molecule has 0 amide bonds. The van der Waals surface area contributed by atoms with Crippen LogP contribution in [0.4, 0.5) is 0 Å². The molecule has 0 aliphatic heterocycles. The van der Waals surface area contributed by atoms with Gasteiger partial charge in [0, 0.05) is 30.4 Å². The summed E-state index contributed by atoms with van der Waals surface area (Å²) in [6.45, 7) is 8.25. The summed E-state index contributed by atoms with van der Waals surface area (Å²) in [6, 6.07) is 0.277. The third kappa shape index (κ3) is 4.40. The van der Waals surface area contributed by atoms with Crippen molar-refractivity contribution in [3.8, 4) is 0 Å². The minimum atomic E-state index is -3.30. The number of sulfonamides is 1. The quantitative estimate of drug-likeness (QED) is 0.676. The average Bonchev–Trinajstić information content (AvgIpc) is 2.69. The summed E-state index contributed by atoms with van der Waals surface area (Å²) in [6.07, 6.45) is 1.63. The lowest BCUT2D eigenvalue weighted by Crippen LogP contribution is -2.40. The molecule has 3 N–H and O–H groups in total. The molecule has 1 heterocycles. The van der Waals surface area contributed by atoms with Gasteiger partial charge in [0.1, 0.15) is 0 Å². The smallest absolute Gasteiger partial charge is 0.215 e. The predicted molar refractivity (Wildman–Crippen MR) is 71.7 cm³/mol. The van der Waals surface area contributed by atoms with E-state index in [1.54, 1.807) is 13.1 Å². The summed E-state index contributed by atoms with van der Waals surface area (Å²) >= 11 is 0. The van der Waals surface area contributed by atoms with Gasteiger partial charge in [-0.3, -0.25) is 5.10 Å². The molecule has 0 fully saturated rings. The van der Waals surface area contributed by atoms with E-state index in [1.807, 2.05) is 20.8 Å². The lowest BCUT2D eigenvalue weighted by molar-refractivity contribution is 0.540. The molecule has 1 unspecified atom stereocenters. The van der Waals surface area contributed by atoms with Crippen LogP contribution in [0.2, 0.25) is 0 Å². The molecule has 6 nitrogen and oxygen atoms in total. The third-order valence-corrected chi connectivity index (χ3v) is 4.51. The zero-order valence-electron chi connectivity index (χ0n) is 11.3. The highest BCUT2D eigenvalue weighted by Crippen LogP contribution is 2.04. The van der Waals surface area contributed by atoms with Crippen LogP contribution in [-0.4, -0.2) is 36.5 Å². The number of aromatic nitrogens is 2. The van der Waals surface area contributed by atoms with Crippen molar-refractivity contribution >= 4 is 10.0 Å². The number of nitrogens with zero attached hydrogens (tertiary/aromatic N) is 1. The van der Waals surface area contributed by atoms with E-state index < -0.39 is 15.3 Å². The molecule has 0 saturated heterocycles. The highest BCUT2D eigenvalue weighted by atomic mass is 32.2. The average molecular weight is 274 g/mol. The number of nitrogens with one attached hydrogen (secondary N) is 3. The fourth-order valence-electron chi connectivity index (χ4n) is 1.39. The molecule has 0 spiro atoms. The lowest BCUT2D eigenvalue weighted by Gasteiger charge is -2.16. The van der Waals surface area contributed by atoms with E-state index in [4.69, 9.17) is 0 Å². The first kappa shape index (κ1) is 15.1. The summed E-state index contributed by atoms with van der Waals surface area (Å²) in [5.74, 6) is 0. The molecule has 104 valence electrons. The van der Waals surface area contributed by atoms with Crippen LogP contribution in [0.1, 0.15) is 32.0 Å².